The quantitative estimate of drug-likeness (QED) is 0.715. The molecule has 0 spiro atoms. The van der Waals surface area contributed by atoms with Crippen molar-refractivity contribution in [2.45, 2.75) is 26.3 Å². The van der Waals surface area contributed by atoms with Crippen LogP contribution in [0, 0.1) is 6.92 Å². The molecule has 4 heteroatoms. The highest BCUT2D eigenvalue weighted by Crippen LogP contribution is 2.20. The number of hydrogen-bond acceptors (Lipinski definition) is 3. The zero-order chi connectivity index (χ0) is 12.1. The van der Waals surface area contributed by atoms with Gasteiger partial charge in [-0.3, -0.25) is 4.79 Å². The van der Waals surface area contributed by atoms with E-state index in [0.717, 1.165) is 6.42 Å². The number of para-hydroxylation sites is 1. The van der Waals surface area contributed by atoms with E-state index in [4.69, 9.17) is 5.73 Å². The van der Waals surface area contributed by atoms with Crippen LogP contribution in [-0.4, -0.2) is 23.6 Å². The average Bonchev–Trinajstić information content (AvgIpc) is 2.29. The molecule has 0 radical (unpaired) electrons. The second-order valence-electron chi connectivity index (χ2n) is 3.85. The summed E-state index contributed by atoms with van der Waals surface area (Å²) in [5, 5.41) is 12.4. The van der Waals surface area contributed by atoms with E-state index in [1.165, 1.54) is 0 Å². The number of rotatable bonds is 4. The topological polar surface area (TPSA) is 75.3 Å². The normalized spacial score (nSPS) is 12.2. The number of hydrogen-bond donors (Lipinski definition) is 3. The molecule has 0 aliphatic carbocycles. The van der Waals surface area contributed by atoms with Crippen LogP contribution >= 0.6 is 0 Å². The van der Waals surface area contributed by atoms with Crippen LogP contribution in [-0.2, 0) is 0 Å². The Morgan fingerprint density at radius 3 is 2.88 bits per heavy atom. The molecule has 88 valence electrons. The summed E-state index contributed by atoms with van der Waals surface area (Å²) >= 11 is 0. The highest BCUT2D eigenvalue weighted by atomic mass is 16.3. The first kappa shape index (κ1) is 12.5. The SMILES string of the molecule is CCC(N)CNC(=O)c1cccc(C)c1O. The van der Waals surface area contributed by atoms with Crippen molar-refractivity contribution in [3.8, 4) is 5.75 Å². The fraction of sp³-hybridized carbons (Fsp3) is 0.417. The van der Waals surface area contributed by atoms with E-state index in [1.807, 2.05) is 6.92 Å². The van der Waals surface area contributed by atoms with Gasteiger partial charge in [0.25, 0.3) is 5.91 Å². The highest BCUT2D eigenvalue weighted by Gasteiger charge is 2.12. The van der Waals surface area contributed by atoms with E-state index in [-0.39, 0.29) is 17.7 Å². The number of phenols is 1. The van der Waals surface area contributed by atoms with Gasteiger partial charge in [-0.2, -0.15) is 0 Å². The molecule has 0 aliphatic heterocycles. The van der Waals surface area contributed by atoms with Gasteiger partial charge in [-0.25, -0.2) is 0 Å². The fourth-order valence-electron chi connectivity index (χ4n) is 1.31. The van der Waals surface area contributed by atoms with Gasteiger partial charge in [0, 0.05) is 12.6 Å². The molecule has 4 nitrogen and oxygen atoms in total. The first-order chi connectivity index (χ1) is 7.56. The number of aromatic hydroxyl groups is 1. The summed E-state index contributed by atoms with van der Waals surface area (Å²) in [5.74, 6) is -0.254. The Balaban J connectivity index is 2.70. The van der Waals surface area contributed by atoms with E-state index in [2.05, 4.69) is 5.32 Å². The second-order valence-corrected chi connectivity index (χ2v) is 3.85. The number of nitrogens with two attached hydrogens (primary N) is 1. The molecule has 1 unspecified atom stereocenters. The fourth-order valence-corrected chi connectivity index (χ4v) is 1.31. The van der Waals surface area contributed by atoms with Crippen LogP contribution in [0.25, 0.3) is 0 Å². The Hall–Kier alpha value is -1.55. The van der Waals surface area contributed by atoms with Gasteiger partial charge in [-0.1, -0.05) is 19.1 Å². The first-order valence-electron chi connectivity index (χ1n) is 5.38. The van der Waals surface area contributed by atoms with Crippen LogP contribution in [0.4, 0.5) is 0 Å². The Bertz CT molecular complexity index is 377. The zero-order valence-corrected chi connectivity index (χ0v) is 9.66. The first-order valence-corrected chi connectivity index (χ1v) is 5.38. The van der Waals surface area contributed by atoms with Gasteiger partial charge in [-0.05, 0) is 25.0 Å². The van der Waals surface area contributed by atoms with Crippen LogP contribution in [0.5, 0.6) is 5.75 Å². The summed E-state index contributed by atoms with van der Waals surface area (Å²) < 4.78 is 0. The minimum absolute atomic E-state index is 0.0325. The number of carbonyl (C=O) groups excluding carboxylic acids is 1. The summed E-state index contributed by atoms with van der Waals surface area (Å²) in [6.07, 6.45) is 0.806. The van der Waals surface area contributed by atoms with Gasteiger partial charge < -0.3 is 16.2 Å². The number of benzene rings is 1. The summed E-state index contributed by atoms with van der Waals surface area (Å²) in [7, 11) is 0. The average molecular weight is 222 g/mol. The Kier molecular flexibility index (Phi) is 4.31. The minimum Gasteiger partial charge on any atom is -0.507 e. The van der Waals surface area contributed by atoms with Gasteiger partial charge >= 0.3 is 0 Å². The van der Waals surface area contributed by atoms with E-state index < -0.39 is 0 Å². The van der Waals surface area contributed by atoms with Crippen molar-refractivity contribution in [2.75, 3.05) is 6.54 Å². The van der Waals surface area contributed by atoms with Crippen molar-refractivity contribution in [1.82, 2.24) is 5.32 Å². The van der Waals surface area contributed by atoms with Gasteiger partial charge in [0.15, 0.2) is 0 Å². The lowest BCUT2D eigenvalue weighted by molar-refractivity contribution is 0.0948. The standard InChI is InChI=1S/C12H18N2O2/c1-3-9(13)7-14-12(16)10-6-4-5-8(2)11(10)15/h4-6,9,15H,3,7,13H2,1-2H3,(H,14,16). The molecule has 0 fully saturated rings. The van der Waals surface area contributed by atoms with E-state index in [0.29, 0.717) is 17.7 Å². The summed E-state index contributed by atoms with van der Waals surface area (Å²) in [6.45, 7) is 4.13. The van der Waals surface area contributed by atoms with Crippen LogP contribution in [0.2, 0.25) is 0 Å². The van der Waals surface area contributed by atoms with Gasteiger partial charge in [0.2, 0.25) is 0 Å². The van der Waals surface area contributed by atoms with Crippen molar-refractivity contribution in [2.24, 2.45) is 5.73 Å². The highest BCUT2D eigenvalue weighted by molar-refractivity contribution is 5.97. The predicted octanol–water partition coefficient (Wildman–Crippen LogP) is 1.17. The third kappa shape index (κ3) is 2.97. The summed E-state index contributed by atoms with van der Waals surface area (Å²) in [6, 6.07) is 5.04. The maximum absolute atomic E-state index is 11.7. The third-order valence-corrected chi connectivity index (χ3v) is 2.53. The Labute approximate surface area is 95.5 Å². The molecule has 0 aliphatic rings. The van der Waals surface area contributed by atoms with Crippen molar-refractivity contribution in [1.29, 1.82) is 0 Å². The van der Waals surface area contributed by atoms with Crippen LogP contribution in [0.15, 0.2) is 18.2 Å². The molecular weight excluding hydrogens is 204 g/mol. The monoisotopic (exact) mass is 222 g/mol. The molecule has 0 saturated heterocycles. The van der Waals surface area contributed by atoms with Crippen molar-refractivity contribution in [3.63, 3.8) is 0 Å². The van der Waals surface area contributed by atoms with Crippen LogP contribution < -0.4 is 11.1 Å². The minimum atomic E-state index is -0.287. The third-order valence-electron chi connectivity index (χ3n) is 2.53. The maximum Gasteiger partial charge on any atom is 0.255 e. The maximum atomic E-state index is 11.7. The number of phenolic OH excluding ortho intramolecular Hbond substituents is 1. The van der Waals surface area contributed by atoms with Crippen molar-refractivity contribution < 1.29 is 9.90 Å². The van der Waals surface area contributed by atoms with E-state index >= 15 is 0 Å². The molecule has 1 aromatic carbocycles. The van der Waals surface area contributed by atoms with Crippen molar-refractivity contribution in [3.05, 3.63) is 29.3 Å². The van der Waals surface area contributed by atoms with Gasteiger partial charge in [0.05, 0.1) is 5.56 Å². The largest absolute Gasteiger partial charge is 0.507 e. The van der Waals surface area contributed by atoms with E-state index in [9.17, 15) is 9.90 Å². The zero-order valence-electron chi connectivity index (χ0n) is 9.66. The summed E-state index contributed by atoms with van der Waals surface area (Å²) in [4.78, 5) is 11.7. The lowest BCUT2D eigenvalue weighted by Gasteiger charge is -2.11. The van der Waals surface area contributed by atoms with E-state index in [1.54, 1.807) is 25.1 Å². The smallest absolute Gasteiger partial charge is 0.255 e. The number of carbonyl (C=O) groups is 1. The predicted molar refractivity (Wildman–Crippen MR) is 63.4 cm³/mol. The molecule has 1 rings (SSSR count). The summed E-state index contributed by atoms with van der Waals surface area (Å²) in [5.41, 5.74) is 6.67. The molecule has 4 N–H and O–H groups in total. The van der Waals surface area contributed by atoms with Gasteiger partial charge in [0.1, 0.15) is 5.75 Å². The molecule has 0 heterocycles. The van der Waals surface area contributed by atoms with Crippen LogP contribution in [0.3, 0.4) is 0 Å². The molecule has 0 saturated carbocycles. The van der Waals surface area contributed by atoms with Crippen molar-refractivity contribution >= 4 is 5.91 Å². The lowest BCUT2D eigenvalue weighted by atomic mass is 10.1. The Morgan fingerprint density at radius 1 is 1.56 bits per heavy atom. The molecule has 1 amide bonds. The second kappa shape index (κ2) is 5.51. The lowest BCUT2D eigenvalue weighted by Crippen LogP contribution is -2.36. The molecule has 0 bridgehead atoms. The number of aryl methyl sites for hydroxylation is 1. The molecule has 1 aromatic rings. The molecule has 1 atom stereocenters. The van der Waals surface area contributed by atoms with Gasteiger partial charge in [-0.15, -0.1) is 0 Å². The Morgan fingerprint density at radius 2 is 2.25 bits per heavy atom. The number of nitrogens with one attached hydrogen (secondary N) is 1. The molecule has 16 heavy (non-hydrogen) atoms. The van der Waals surface area contributed by atoms with Crippen LogP contribution in [0.1, 0.15) is 29.3 Å². The number of amides is 1. The molecule has 0 aromatic heterocycles. The molecular formula is C12H18N2O2.